The van der Waals surface area contributed by atoms with Crippen LogP contribution in [0.4, 0.5) is 4.79 Å². The summed E-state index contributed by atoms with van der Waals surface area (Å²) >= 11 is 0. The van der Waals surface area contributed by atoms with Crippen molar-refractivity contribution in [2.75, 3.05) is 13.2 Å². The lowest BCUT2D eigenvalue weighted by molar-refractivity contribution is -0.154. The Morgan fingerprint density at radius 3 is 1.87 bits per heavy atom. The van der Waals surface area contributed by atoms with E-state index in [0.29, 0.717) is 13.2 Å². The average molecular weight is 330 g/mol. The second kappa shape index (κ2) is 15.6. The Balaban J connectivity index is 3.50. The molecule has 23 heavy (non-hydrogen) atoms. The first-order valence-corrected chi connectivity index (χ1v) is 9.11. The Hall–Kier alpha value is -1.26. The molecule has 0 fully saturated rings. The van der Waals surface area contributed by atoms with E-state index in [0.717, 1.165) is 25.7 Å². The summed E-state index contributed by atoms with van der Waals surface area (Å²) in [5.74, 6) is -0.525. The van der Waals surface area contributed by atoms with Crippen molar-refractivity contribution in [3.8, 4) is 0 Å². The van der Waals surface area contributed by atoms with E-state index in [1.54, 1.807) is 0 Å². The first-order chi connectivity index (χ1) is 11.1. The van der Waals surface area contributed by atoms with E-state index in [9.17, 15) is 9.59 Å². The predicted molar refractivity (Wildman–Crippen MR) is 90.4 cm³/mol. The molecule has 0 saturated carbocycles. The summed E-state index contributed by atoms with van der Waals surface area (Å²) in [6.45, 7) is 6.41. The first-order valence-electron chi connectivity index (χ1n) is 9.11. The molecule has 0 aliphatic rings. The van der Waals surface area contributed by atoms with Gasteiger partial charge in [-0.2, -0.15) is 0 Å². The van der Waals surface area contributed by atoms with Gasteiger partial charge < -0.3 is 14.2 Å². The van der Waals surface area contributed by atoms with Gasteiger partial charge in [-0.3, -0.25) is 0 Å². The fourth-order valence-electron chi connectivity index (χ4n) is 2.05. The molecule has 0 amide bonds. The number of hydrogen-bond acceptors (Lipinski definition) is 5. The summed E-state index contributed by atoms with van der Waals surface area (Å²) in [5, 5.41) is 0. The number of carbonyl (C=O) groups is 2. The summed E-state index contributed by atoms with van der Waals surface area (Å²) in [6, 6.07) is 0. The van der Waals surface area contributed by atoms with Crippen LogP contribution in [0.2, 0.25) is 0 Å². The average Bonchev–Trinajstić information content (AvgIpc) is 2.53. The van der Waals surface area contributed by atoms with Crippen LogP contribution in [0.3, 0.4) is 0 Å². The minimum absolute atomic E-state index is 0.339. The van der Waals surface area contributed by atoms with Crippen LogP contribution in [-0.2, 0) is 19.0 Å². The Bertz CT molecular complexity index is 304. The molecule has 0 radical (unpaired) electrons. The summed E-state index contributed by atoms with van der Waals surface area (Å²) in [6.07, 6.45) is 9.50. The Kier molecular flexibility index (Phi) is 14.8. The SMILES string of the molecule is CCCCCCCCCCOC(=O)OC(C)C(=O)OCCCC. The van der Waals surface area contributed by atoms with Crippen LogP contribution in [-0.4, -0.2) is 31.4 Å². The van der Waals surface area contributed by atoms with Gasteiger partial charge in [0.25, 0.3) is 0 Å². The van der Waals surface area contributed by atoms with Crippen LogP contribution in [0.25, 0.3) is 0 Å². The summed E-state index contributed by atoms with van der Waals surface area (Å²) in [7, 11) is 0. The maximum absolute atomic E-state index is 11.5. The number of hydrogen-bond donors (Lipinski definition) is 0. The van der Waals surface area contributed by atoms with Gasteiger partial charge in [0.05, 0.1) is 13.2 Å². The second-order valence-corrected chi connectivity index (χ2v) is 5.85. The lowest BCUT2D eigenvalue weighted by atomic mass is 10.1. The molecule has 0 rings (SSSR count). The van der Waals surface area contributed by atoms with Crippen LogP contribution in [0.5, 0.6) is 0 Å². The molecule has 0 aromatic carbocycles. The molecule has 1 unspecified atom stereocenters. The maximum Gasteiger partial charge on any atom is 0.509 e. The van der Waals surface area contributed by atoms with Crippen molar-refractivity contribution in [1.29, 1.82) is 0 Å². The Morgan fingerprint density at radius 2 is 1.26 bits per heavy atom. The van der Waals surface area contributed by atoms with E-state index in [1.807, 2.05) is 6.92 Å². The van der Waals surface area contributed by atoms with Gasteiger partial charge in [0.1, 0.15) is 0 Å². The molecule has 0 aliphatic carbocycles. The van der Waals surface area contributed by atoms with Crippen molar-refractivity contribution in [3.63, 3.8) is 0 Å². The molecule has 0 spiro atoms. The van der Waals surface area contributed by atoms with E-state index in [-0.39, 0.29) is 0 Å². The Labute approximate surface area is 141 Å². The maximum atomic E-state index is 11.5. The van der Waals surface area contributed by atoms with Gasteiger partial charge >= 0.3 is 12.1 Å². The van der Waals surface area contributed by atoms with Gasteiger partial charge in [0, 0.05) is 0 Å². The van der Waals surface area contributed by atoms with Crippen molar-refractivity contribution in [2.24, 2.45) is 0 Å². The third kappa shape index (κ3) is 14.1. The molecule has 0 saturated heterocycles. The van der Waals surface area contributed by atoms with Gasteiger partial charge in [0.2, 0.25) is 0 Å². The summed E-state index contributed by atoms with van der Waals surface area (Å²) in [4.78, 5) is 23.0. The highest BCUT2D eigenvalue weighted by molar-refractivity contribution is 5.76. The van der Waals surface area contributed by atoms with E-state index in [2.05, 4.69) is 6.92 Å². The zero-order valence-electron chi connectivity index (χ0n) is 15.1. The van der Waals surface area contributed by atoms with Gasteiger partial charge in [-0.25, -0.2) is 9.59 Å². The van der Waals surface area contributed by atoms with Gasteiger partial charge in [-0.05, 0) is 19.8 Å². The van der Waals surface area contributed by atoms with Crippen molar-refractivity contribution in [1.82, 2.24) is 0 Å². The molecule has 5 heteroatoms. The highest BCUT2D eigenvalue weighted by Crippen LogP contribution is 2.08. The minimum Gasteiger partial charge on any atom is -0.463 e. The number of carbonyl (C=O) groups excluding carboxylic acids is 2. The van der Waals surface area contributed by atoms with E-state index in [1.165, 1.54) is 45.4 Å². The topological polar surface area (TPSA) is 61.8 Å². The molecule has 0 bridgehead atoms. The smallest absolute Gasteiger partial charge is 0.463 e. The fraction of sp³-hybridized carbons (Fsp3) is 0.889. The third-order valence-corrected chi connectivity index (χ3v) is 3.56. The van der Waals surface area contributed by atoms with Crippen LogP contribution in [0, 0.1) is 0 Å². The third-order valence-electron chi connectivity index (χ3n) is 3.56. The largest absolute Gasteiger partial charge is 0.509 e. The van der Waals surface area contributed by atoms with Crippen LogP contribution in [0.1, 0.15) is 85.0 Å². The van der Waals surface area contributed by atoms with Crippen molar-refractivity contribution in [2.45, 2.75) is 91.1 Å². The normalized spacial score (nSPS) is 11.8. The van der Waals surface area contributed by atoms with Gasteiger partial charge in [-0.15, -0.1) is 0 Å². The zero-order valence-corrected chi connectivity index (χ0v) is 15.1. The molecular weight excluding hydrogens is 296 g/mol. The summed E-state index contributed by atoms with van der Waals surface area (Å²) in [5.41, 5.74) is 0. The Morgan fingerprint density at radius 1 is 0.739 bits per heavy atom. The van der Waals surface area contributed by atoms with Crippen LogP contribution in [0.15, 0.2) is 0 Å². The van der Waals surface area contributed by atoms with Crippen molar-refractivity contribution >= 4 is 12.1 Å². The molecule has 5 nitrogen and oxygen atoms in total. The lowest BCUT2D eigenvalue weighted by Gasteiger charge is -2.12. The van der Waals surface area contributed by atoms with Gasteiger partial charge in [-0.1, -0.05) is 65.2 Å². The van der Waals surface area contributed by atoms with E-state index < -0.39 is 18.2 Å². The molecule has 0 aliphatic heterocycles. The van der Waals surface area contributed by atoms with E-state index >= 15 is 0 Å². The van der Waals surface area contributed by atoms with Gasteiger partial charge in [0.15, 0.2) is 6.10 Å². The monoisotopic (exact) mass is 330 g/mol. The fourth-order valence-corrected chi connectivity index (χ4v) is 2.05. The number of esters is 1. The quantitative estimate of drug-likeness (QED) is 0.331. The standard InChI is InChI=1S/C18H34O5/c1-4-6-8-9-10-11-12-13-15-22-18(20)23-16(3)17(19)21-14-7-5-2/h16H,4-15H2,1-3H3. The summed E-state index contributed by atoms with van der Waals surface area (Å²) < 4.78 is 14.8. The second-order valence-electron chi connectivity index (χ2n) is 5.85. The number of rotatable bonds is 14. The first kappa shape index (κ1) is 21.7. The number of ether oxygens (including phenoxy) is 3. The zero-order chi connectivity index (χ0) is 17.3. The van der Waals surface area contributed by atoms with Crippen molar-refractivity contribution in [3.05, 3.63) is 0 Å². The lowest BCUT2D eigenvalue weighted by Crippen LogP contribution is -2.27. The van der Waals surface area contributed by atoms with E-state index in [4.69, 9.17) is 14.2 Å². The van der Waals surface area contributed by atoms with Crippen LogP contribution >= 0.6 is 0 Å². The molecule has 136 valence electrons. The minimum atomic E-state index is -0.919. The molecule has 0 heterocycles. The highest BCUT2D eigenvalue weighted by atomic mass is 16.7. The molecular formula is C18H34O5. The molecule has 0 aromatic rings. The molecule has 0 aromatic heterocycles. The van der Waals surface area contributed by atoms with Crippen LogP contribution < -0.4 is 0 Å². The highest BCUT2D eigenvalue weighted by Gasteiger charge is 2.19. The predicted octanol–water partition coefficient (Wildman–Crippen LogP) is 5.01. The van der Waals surface area contributed by atoms with Crippen molar-refractivity contribution < 1.29 is 23.8 Å². The molecule has 0 N–H and O–H groups in total. The molecule has 1 atom stereocenters. The number of unbranched alkanes of at least 4 members (excludes halogenated alkanes) is 8.